The molecule has 10 nitrogen and oxygen atoms in total. The summed E-state index contributed by atoms with van der Waals surface area (Å²) in [4.78, 5) is 50.7. The first-order valence-electron chi connectivity index (χ1n) is 15.4. The zero-order valence-corrected chi connectivity index (χ0v) is 29.7. The van der Waals surface area contributed by atoms with Gasteiger partial charge < -0.3 is 24.2 Å². The van der Waals surface area contributed by atoms with E-state index >= 15 is 0 Å². The Hall–Kier alpha value is -3.86. The van der Waals surface area contributed by atoms with Crippen molar-refractivity contribution < 1.29 is 23.9 Å². The zero-order valence-electron chi connectivity index (χ0n) is 28.1. The van der Waals surface area contributed by atoms with E-state index in [9.17, 15) is 14.4 Å². The Kier molecular flexibility index (Phi) is 15.0. The molecule has 3 aromatic rings. The van der Waals surface area contributed by atoms with Crippen molar-refractivity contribution in [1.29, 1.82) is 0 Å². The summed E-state index contributed by atoms with van der Waals surface area (Å²) in [6.07, 6.45) is 4.67. The summed E-state index contributed by atoms with van der Waals surface area (Å²) in [5.41, 5.74) is 2.29. The lowest BCUT2D eigenvalue weighted by Crippen LogP contribution is -2.47. The number of rotatable bonds is 14. The molecule has 256 valence electrons. The average Bonchev–Trinajstić information content (AvgIpc) is 3.10. The molecule has 0 saturated heterocycles. The van der Waals surface area contributed by atoms with Crippen LogP contribution in [0, 0.1) is 5.41 Å². The number of hydrogen-bond donors (Lipinski definition) is 0. The molecule has 0 aliphatic carbocycles. The third-order valence-corrected chi connectivity index (χ3v) is 8.27. The lowest BCUT2D eigenvalue weighted by atomic mass is 9.90. The fourth-order valence-corrected chi connectivity index (χ4v) is 5.43. The summed E-state index contributed by atoms with van der Waals surface area (Å²) in [7, 11) is 5.17. The highest BCUT2D eigenvalue weighted by molar-refractivity contribution is 6.20. The predicted octanol–water partition coefficient (Wildman–Crippen LogP) is 5.26. The van der Waals surface area contributed by atoms with Crippen LogP contribution in [-0.2, 0) is 27.3 Å². The number of anilines is 2. The number of methoxy groups -OCH3 is 1. The van der Waals surface area contributed by atoms with Crippen molar-refractivity contribution in [3.63, 3.8) is 0 Å². The van der Waals surface area contributed by atoms with E-state index in [1.807, 2.05) is 68.6 Å². The fraction of sp³-hybridized carbons (Fsp3) is 0.429. The lowest BCUT2D eigenvalue weighted by Gasteiger charge is -2.27. The number of nitrogens with zero attached hydrogens (tertiary/aromatic N) is 5. The monoisotopic (exact) mass is 687 g/mol. The number of hydrogen-bond acceptors (Lipinski definition) is 7. The smallest absolute Gasteiger partial charge is 0.242 e. The molecular weight excluding hydrogens is 641 g/mol. The molecule has 0 spiro atoms. The number of benzene rings is 2. The van der Waals surface area contributed by atoms with Gasteiger partial charge in [0.25, 0.3) is 0 Å². The Morgan fingerprint density at radius 1 is 0.872 bits per heavy atom. The second kappa shape index (κ2) is 17.9. The first-order valence-corrected chi connectivity index (χ1v) is 15.4. The van der Waals surface area contributed by atoms with E-state index in [4.69, 9.17) is 9.47 Å². The highest BCUT2D eigenvalue weighted by Gasteiger charge is 2.45. The Morgan fingerprint density at radius 2 is 1.53 bits per heavy atom. The van der Waals surface area contributed by atoms with Crippen molar-refractivity contribution in [2.75, 3.05) is 63.8 Å². The lowest BCUT2D eigenvalue weighted by molar-refractivity contribution is -0.137. The summed E-state index contributed by atoms with van der Waals surface area (Å²) in [6, 6.07) is 17.1. The number of ether oxygens (including phenoxy) is 2. The van der Waals surface area contributed by atoms with E-state index < -0.39 is 5.41 Å². The van der Waals surface area contributed by atoms with Crippen LogP contribution in [0.2, 0.25) is 0 Å². The molecule has 0 saturated carbocycles. The first kappa shape index (κ1) is 39.3. The Labute approximate surface area is 290 Å². The van der Waals surface area contributed by atoms with E-state index in [1.165, 1.54) is 0 Å². The third-order valence-electron chi connectivity index (χ3n) is 8.27. The van der Waals surface area contributed by atoms with Crippen molar-refractivity contribution in [3.05, 3.63) is 78.1 Å². The Morgan fingerprint density at radius 3 is 2.17 bits per heavy atom. The van der Waals surface area contributed by atoms with Gasteiger partial charge in [0.1, 0.15) is 16.9 Å². The van der Waals surface area contributed by atoms with Gasteiger partial charge in [-0.15, -0.1) is 24.8 Å². The summed E-state index contributed by atoms with van der Waals surface area (Å²) >= 11 is 0. The van der Waals surface area contributed by atoms with Crippen molar-refractivity contribution in [2.24, 2.45) is 5.41 Å². The van der Waals surface area contributed by atoms with Gasteiger partial charge in [-0.1, -0.05) is 12.1 Å². The molecule has 0 N–H and O–H groups in total. The predicted molar refractivity (Wildman–Crippen MR) is 190 cm³/mol. The van der Waals surface area contributed by atoms with Gasteiger partial charge in [-0.3, -0.25) is 24.3 Å². The molecule has 0 fully saturated rings. The van der Waals surface area contributed by atoms with E-state index in [-0.39, 0.29) is 42.5 Å². The Bertz CT molecular complexity index is 1470. The molecule has 0 unspecified atom stereocenters. The number of carbonyl (C=O) groups excluding carboxylic acids is 3. The quantitative estimate of drug-likeness (QED) is 0.169. The second-order valence-corrected chi connectivity index (χ2v) is 11.9. The SMILES string of the molecule is CCN1C(=O)C(C)(C)C(=O)N(C)c2cc(OCCCN(CCN(C)C(=O)Cc3ccc(OC)cc3)Cc3ccncc3)ccc21.Cl.Cl. The molecule has 1 aliphatic rings. The average molecular weight is 689 g/mol. The number of carbonyl (C=O) groups is 3. The number of halogens is 2. The van der Waals surface area contributed by atoms with Gasteiger partial charge in [0, 0.05) is 65.3 Å². The van der Waals surface area contributed by atoms with Crippen molar-refractivity contribution >= 4 is 53.9 Å². The van der Waals surface area contributed by atoms with Gasteiger partial charge in [-0.05, 0) is 74.7 Å². The summed E-state index contributed by atoms with van der Waals surface area (Å²) in [5.74, 6) is 1.01. The van der Waals surface area contributed by atoms with Gasteiger partial charge in [0.05, 0.1) is 31.5 Å². The molecular formula is C35H47Cl2N5O5. The van der Waals surface area contributed by atoms with Crippen molar-refractivity contribution in [2.45, 2.75) is 40.2 Å². The third kappa shape index (κ3) is 9.82. The maximum atomic E-state index is 13.2. The minimum absolute atomic E-state index is 0. The normalized spacial score (nSPS) is 13.7. The maximum Gasteiger partial charge on any atom is 0.242 e. The van der Waals surface area contributed by atoms with E-state index in [2.05, 4.69) is 9.88 Å². The summed E-state index contributed by atoms with van der Waals surface area (Å²) < 4.78 is 11.4. The molecule has 0 atom stereocenters. The van der Waals surface area contributed by atoms with Crippen LogP contribution in [0.25, 0.3) is 0 Å². The van der Waals surface area contributed by atoms with Crippen LogP contribution in [0.3, 0.4) is 0 Å². The number of fused-ring (bicyclic) bond motifs is 1. The molecule has 0 bridgehead atoms. The molecule has 3 amide bonds. The fourth-order valence-electron chi connectivity index (χ4n) is 5.43. The first-order chi connectivity index (χ1) is 21.5. The van der Waals surface area contributed by atoms with Gasteiger partial charge in [0.2, 0.25) is 17.7 Å². The van der Waals surface area contributed by atoms with Crippen molar-refractivity contribution in [1.82, 2.24) is 14.8 Å². The van der Waals surface area contributed by atoms with E-state index in [0.29, 0.717) is 49.8 Å². The molecule has 47 heavy (non-hydrogen) atoms. The topological polar surface area (TPSA) is 95.5 Å². The molecule has 4 rings (SSSR count). The van der Waals surface area contributed by atoms with E-state index in [0.717, 1.165) is 36.4 Å². The Balaban J connectivity index is 0.00000384. The van der Waals surface area contributed by atoms with Crippen molar-refractivity contribution in [3.8, 4) is 11.5 Å². The highest BCUT2D eigenvalue weighted by Crippen LogP contribution is 2.40. The molecule has 1 aromatic heterocycles. The second-order valence-electron chi connectivity index (χ2n) is 11.9. The number of aromatic nitrogens is 1. The molecule has 2 heterocycles. The van der Waals surface area contributed by atoms with Crippen LogP contribution in [0.1, 0.15) is 38.3 Å². The van der Waals surface area contributed by atoms with Crippen LogP contribution in [0.4, 0.5) is 11.4 Å². The molecule has 0 radical (unpaired) electrons. The van der Waals surface area contributed by atoms with Crippen LogP contribution in [0.15, 0.2) is 67.0 Å². The zero-order chi connectivity index (χ0) is 32.6. The number of likely N-dealkylation sites (N-methyl/N-ethyl adjacent to an activating group) is 1. The van der Waals surface area contributed by atoms with Crippen LogP contribution in [-0.4, -0.2) is 86.5 Å². The number of pyridine rings is 1. The molecule has 2 aromatic carbocycles. The minimum Gasteiger partial charge on any atom is -0.497 e. The minimum atomic E-state index is -1.16. The standard InChI is InChI=1S/C35H45N5O5.2ClH/c1-7-40-30-14-13-29(24-31(30)38(5)33(42)35(2,3)34(40)43)45-22-8-19-39(25-27-15-17-36-18-16-27)21-20-37(4)32(41)23-26-9-11-28(44-6)12-10-26;;/h9-18,24H,7-8,19-23,25H2,1-6H3;2*1H. The van der Waals surface area contributed by atoms with Gasteiger partial charge >= 0.3 is 0 Å². The summed E-state index contributed by atoms with van der Waals surface area (Å²) in [6.45, 7) is 8.97. The van der Waals surface area contributed by atoms with Crippen LogP contribution >= 0.6 is 24.8 Å². The van der Waals surface area contributed by atoms with Gasteiger partial charge in [-0.2, -0.15) is 0 Å². The van der Waals surface area contributed by atoms with Gasteiger partial charge in [-0.25, -0.2) is 0 Å². The number of amides is 3. The van der Waals surface area contributed by atoms with E-state index in [1.54, 1.807) is 55.1 Å². The maximum absolute atomic E-state index is 13.2. The van der Waals surface area contributed by atoms with Crippen LogP contribution < -0.4 is 19.3 Å². The molecule has 1 aliphatic heterocycles. The van der Waals surface area contributed by atoms with Gasteiger partial charge in [0.15, 0.2) is 0 Å². The summed E-state index contributed by atoms with van der Waals surface area (Å²) in [5, 5.41) is 0. The van der Waals surface area contributed by atoms with Crippen LogP contribution in [0.5, 0.6) is 11.5 Å². The molecule has 12 heteroatoms. The largest absolute Gasteiger partial charge is 0.497 e. The highest BCUT2D eigenvalue weighted by atomic mass is 35.5.